The third kappa shape index (κ3) is 40.9. The van der Waals surface area contributed by atoms with Gasteiger partial charge in [-0.3, -0.25) is 44.0 Å². The summed E-state index contributed by atoms with van der Waals surface area (Å²) < 4.78 is 0. The molecular weight excluding hydrogens is 1310 g/mol. The smallest absolute Gasteiger partial charge is 0.550 e. The van der Waals surface area contributed by atoms with Crippen LogP contribution in [0.5, 0.6) is 0 Å². The molecule has 2 fully saturated rings. The van der Waals surface area contributed by atoms with Crippen molar-refractivity contribution in [1.82, 2.24) is 39.2 Å². The summed E-state index contributed by atoms with van der Waals surface area (Å²) in [5.74, 6) is -12.6. The second kappa shape index (κ2) is 45.8. The van der Waals surface area contributed by atoms with Crippen LogP contribution in [0.1, 0.15) is 46.5 Å². The summed E-state index contributed by atoms with van der Waals surface area (Å²) in [5.41, 5.74) is -0.647. The van der Waals surface area contributed by atoms with Crippen molar-refractivity contribution in [3.8, 4) is 0 Å². The van der Waals surface area contributed by atoms with Gasteiger partial charge in [0.05, 0.1) is 47.8 Å². The Kier molecular flexibility index (Phi) is 52.2. The van der Waals surface area contributed by atoms with Crippen molar-refractivity contribution in [1.29, 1.82) is 0 Å². The van der Waals surface area contributed by atoms with Crippen LogP contribution < -0.4 is 105 Å². The molecule has 426 valence electrons. The van der Waals surface area contributed by atoms with Gasteiger partial charge in [0, 0.05) is 254 Å². The third-order valence-electron chi connectivity index (χ3n) is 11.4. The van der Waals surface area contributed by atoms with E-state index >= 15 is 0 Å². The Morgan fingerprint density at radius 3 is 0.693 bits per heavy atom. The standard InChI is InChI=1S/C23H40N4O9.C19H32N4O10.2Gd.2Na.2H2O/c1-23(2,3)18(28)5-4-17(22(35)36)27-12-10-25(15-20(31)32)8-6-24(14-19(29)30)7-9-26(11-13-27)16-21(33)34;24-15(25)2-1-14(19(32)33)23-9-7-21(12-17(28)29)5-3-20(11-16(26)27)4-6-22(8-10-23)13-18(30)31;;;;;;/h17H,4-16H2,1-3H3,(H,29,30)(H,31,32)(H,33,34)(H,35,36);14H,1-13H2,(H,24,25)(H,26,27)(H,28,29)(H,30,31)(H,32,33);;;;;2*1H2/q;;;;2*+1;;/p-9. The SMILES string of the molecule is CC(C)(C)C(=O)CCC(C(=O)[O-])N1CCN(CC(=O)[O-])CCN(CC(=O)[O-])CCN(CC(=O)[O-])CC1.O.O.O=C([O-])CCC(C(=O)[O-])N1CCN(CC(=O)[O-])CCN(CC(=O)[O-])CCN(CC(=O)[O-])CC1.[Gd].[Gd].[Na+].[Na+]. The van der Waals surface area contributed by atoms with Crippen LogP contribution in [-0.2, 0) is 47.9 Å². The van der Waals surface area contributed by atoms with Gasteiger partial charge in [-0.1, -0.05) is 20.8 Å². The minimum absolute atomic E-state index is 0. The quantitative estimate of drug-likeness (QED) is 0.0908. The molecule has 0 aromatic carbocycles. The molecule has 2 heterocycles. The van der Waals surface area contributed by atoms with E-state index in [-0.39, 0.29) is 280 Å². The number of carboxylic acid groups (broad SMARTS) is 9. The first-order valence-electron chi connectivity index (χ1n) is 22.3. The average Bonchev–Trinajstić information content (AvgIpc) is 3.20. The molecule has 0 aromatic heterocycles. The Hall–Kier alpha value is -0.851. The average molecular weight is 1380 g/mol. The number of ketones is 1. The number of hydrogen-bond acceptors (Lipinski definition) is 27. The molecule has 0 saturated carbocycles. The Balaban J connectivity index is -0.000000295. The molecule has 0 spiro atoms. The molecule has 0 amide bonds. The van der Waals surface area contributed by atoms with Crippen molar-refractivity contribution in [2.24, 2.45) is 5.41 Å². The molecule has 2 saturated heterocycles. The Morgan fingerprint density at radius 2 is 0.533 bits per heavy atom. The largest absolute Gasteiger partial charge is 1.00 e. The van der Waals surface area contributed by atoms with Crippen LogP contribution in [0.4, 0.5) is 0 Å². The zero-order valence-corrected chi connectivity index (χ0v) is 51.6. The fourth-order valence-corrected chi connectivity index (χ4v) is 7.57. The number of aliphatic carboxylic acids is 9. The molecule has 0 aromatic rings. The van der Waals surface area contributed by atoms with E-state index in [4.69, 9.17) is 0 Å². The van der Waals surface area contributed by atoms with Crippen LogP contribution in [0, 0.1) is 85.3 Å². The fourth-order valence-electron chi connectivity index (χ4n) is 7.57. The van der Waals surface area contributed by atoms with Crippen LogP contribution in [0.3, 0.4) is 0 Å². The minimum atomic E-state index is -1.53. The van der Waals surface area contributed by atoms with Gasteiger partial charge in [-0.2, -0.15) is 0 Å². The first-order chi connectivity index (χ1) is 32.2. The van der Waals surface area contributed by atoms with Gasteiger partial charge >= 0.3 is 59.1 Å². The van der Waals surface area contributed by atoms with E-state index in [1.165, 1.54) is 34.3 Å². The molecular formula is C42H67Gd2N8Na2O21-7. The molecule has 4 N–H and O–H groups in total. The van der Waals surface area contributed by atoms with Gasteiger partial charge in [0.2, 0.25) is 0 Å². The molecule has 2 rings (SSSR count). The van der Waals surface area contributed by atoms with Gasteiger partial charge in [-0.05, 0) is 19.3 Å². The first-order valence-corrected chi connectivity index (χ1v) is 22.3. The zero-order valence-electron chi connectivity index (χ0n) is 43.1. The van der Waals surface area contributed by atoms with E-state index in [1.807, 2.05) is 0 Å². The summed E-state index contributed by atoms with van der Waals surface area (Å²) in [5, 5.41) is 101. The molecule has 29 nitrogen and oxygen atoms in total. The van der Waals surface area contributed by atoms with E-state index in [0.29, 0.717) is 0 Å². The molecule has 2 atom stereocenters. The van der Waals surface area contributed by atoms with E-state index in [0.717, 1.165) is 0 Å². The van der Waals surface area contributed by atoms with Gasteiger partial charge in [-0.25, -0.2) is 0 Å². The number of carbonyl (C=O) groups is 10. The van der Waals surface area contributed by atoms with Crippen LogP contribution in [0.15, 0.2) is 0 Å². The van der Waals surface area contributed by atoms with E-state index < -0.39 is 117 Å². The number of carbonyl (C=O) groups excluding carboxylic acids is 10. The number of hydrogen-bond donors (Lipinski definition) is 0. The molecule has 0 radical (unpaired) electrons. The zero-order chi connectivity index (χ0) is 52.4. The van der Waals surface area contributed by atoms with E-state index in [9.17, 15) is 93.9 Å². The van der Waals surface area contributed by atoms with Crippen LogP contribution in [0.2, 0.25) is 0 Å². The maximum atomic E-state index is 12.4. The van der Waals surface area contributed by atoms with Gasteiger partial charge in [0.1, 0.15) is 5.78 Å². The molecule has 0 bridgehead atoms. The second-order valence-electron chi connectivity index (χ2n) is 17.8. The maximum Gasteiger partial charge on any atom is 1.00 e. The Labute approximate surface area is 544 Å². The Morgan fingerprint density at radius 1 is 0.347 bits per heavy atom. The Bertz CT molecular complexity index is 1700. The number of carboxylic acids is 9. The first kappa shape index (κ1) is 85.4. The van der Waals surface area contributed by atoms with Gasteiger partial charge in [0.25, 0.3) is 0 Å². The summed E-state index contributed by atoms with van der Waals surface area (Å²) in [6.07, 6.45) is -0.870. The molecule has 2 aliphatic heterocycles. The van der Waals surface area contributed by atoms with Crippen LogP contribution >= 0.6 is 0 Å². The van der Waals surface area contributed by atoms with Crippen LogP contribution in [0.25, 0.3) is 0 Å². The topological polar surface area (TPSA) is 467 Å². The van der Waals surface area contributed by atoms with Crippen molar-refractivity contribution >= 4 is 59.5 Å². The monoisotopic (exact) mass is 1380 g/mol. The summed E-state index contributed by atoms with van der Waals surface area (Å²) >= 11 is 0. The predicted molar refractivity (Wildman–Crippen MR) is 225 cm³/mol. The molecule has 0 aliphatic carbocycles. The van der Waals surface area contributed by atoms with Gasteiger partial charge < -0.3 is 100 Å². The maximum absolute atomic E-state index is 12.4. The summed E-state index contributed by atoms with van der Waals surface area (Å²) in [4.78, 5) is 126. The second-order valence-corrected chi connectivity index (χ2v) is 17.8. The molecule has 2 unspecified atom stereocenters. The van der Waals surface area contributed by atoms with E-state index in [1.54, 1.807) is 25.7 Å². The fraction of sp³-hybridized carbons (Fsp3) is 0.762. The van der Waals surface area contributed by atoms with Crippen molar-refractivity contribution < 1.29 is 244 Å². The molecule has 75 heavy (non-hydrogen) atoms. The number of nitrogens with zero attached hydrogens (tertiary/aromatic N) is 8. The van der Waals surface area contributed by atoms with Crippen molar-refractivity contribution in [3.63, 3.8) is 0 Å². The van der Waals surface area contributed by atoms with Gasteiger partial charge in [0.15, 0.2) is 0 Å². The summed E-state index contributed by atoms with van der Waals surface area (Å²) in [6.45, 7) is 4.04. The van der Waals surface area contributed by atoms with Crippen molar-refractivity contribution in [2.75, 3.05) is 144 Å². The van der Waals surface area contributed by atoms with Gasteiger partial charge in [-0.15, -0.1) is 0 Å². The summed E-state index contributed by atoms with van der Waals surface area (Å²) in [6, 6.07) is -2.47. The molecule has 33 heteroatoms. The summed E-state index contributed by atoms with van der Waals surface area (Å²) in [7, 11) is 0. The number of Topliss-reactive ketones (excluding diaryl/α,β-unsaturated/α-hetero) is 1. The molecule has 2 aliphatic rings. The normalized spacial score (nSPS) is 17.6. The van der Waals surface area contributed by atoms with Crippen molar-refractivity contribution in [2.45, 2.75) is 58.5 Å². The predicted octanol–water partition coefficient (Wildman–Crippen LogP) is -22.6. The van der Waals surface area contributed by atoms with E-state index in [2.05, 4.69) is 0 Å². The number of rotatable bonds is 22. The van der Waals surface area contributed by atoms with Crippen LogP contribution in [-0.4, -0.2) is 266 Å². The third-order valence-corrected chi connectivity index (χ3v) is 11.4. The van der Waals surface area contributed by atoms with Crippen molar-refractivity contribution in [3.05, 3.63) is 0 Å². The minimum Gasteiger partial charge on any atom is -0.550 e.